The van der Waals surface area contributed by atoms with Gasteiger partial charge in [-0.15, -0.1) is 0 Å². The number of nitrogens with zero attached hydrogens (tertiary/aromatic N) is 2. The molecule has 1 atom stereocenters. The van der Waals surface area contributed by atoms with Crippen molar-refractivity contribution in [3.05, 3.63) is 64.7 Å². The van der Waals surface area contributed by atoms with Gasteiger partial charge in [-0.3, -0.25) is 13.9 Å². The SMILES string of the molecule is CCCNC(=O)C(CC)N(Cc1ccccc1C)C(=O)CN(c1cc(C)ccc1C)S(C)(=O)=O. The molecular formula is C26H37N3O4S. The Morgan fingerprint density at radius 3 is 2.26 bits per heavy atom. The second-order valence-corrected chi connectivity index (χ2v) is 10.6. The van der Waals surface area contributed by atoms with E-state index in [1.807, 2.05) is 71.0 Å². The first-order chi connectivity index (χ1) is 16.0. The molecule has 186 valence electrons. The van der Waals surface area contributed by atoms with E-state index in [-0.39, 0.29) is 19.0 Å². The molecule has 8 heteroatoms. The molecule has 2 rings (SSSR count). The average molecular weight is 488 g/mol. The third-order valence-corrected chi connectivity index (χ3v) is 6.98. The van der Waals surface area contributed by atoms with E-state index in [0.29, 0.717) is 18.7 Å². The highest BCUT2D eigenvalue weighted by molar-refractivity contribution is 7.92. The van der Waals surface area contributed by atoms with E-state index in [1.54, 1.807) is 6.07 Å². The third kappa shape index (κ3) is 7.06. The van der Waals surface area contributed by atoms with Crippen LogP contribution in [0, 0.1) is 20.8 Å². The quantitative estimate of drug-likeness (QED) is 0.523. The standard InChI is InChI=1S/C26H37N3O4S/c1-7-15-27-26(31)23(8-2)28(17-22-12-10-9-11-20(22)4)25(30)18-29(34(6,32)33)24-16-19(3)13-14-21(24)5/h9-14,16,23H,7-8,15,17-18H2,1-6H3,(H,27,31). The smallest absolute Gasteiger partial charge is 0.244 e. The Morgan fingerprint density at radius 1 is 1.00 bits per heavy atom. The summed E-state index contributed by atoms with van der Waals surface area (Å²) in [5, 5.41) is 2.89. The maximum absolute atomic E-state index is 13.7. The summed E-state index contributed by atoms with van der Waals surface area (Å²) >= 11 is 0. The summed E-state index contributed by atoms with van der Waals surface area (Å²) in [6.07, 6.45) is 2.29. The molecule has 0 saturated carbocycles. The molecule has 0 aliphatic carbocycles. The second kappa shape index (κ2) is 12.0. The lowest BCUT2D eigenvalue weighted by Gasteiger charge is -2.33. The first kappa shape index (κ1) is 27.4. The number of benzene rings is 2. The second-order valence-electron chi connectivity index (χ2n) is 8.72. The van der Waals surface area contributed by atoms with Gasteiger partial charge in [0.05, 0.1) is 11.9 Å². The van der Waals surface area contributed by atoms with Crippen LogP contribution in [0.3, 0.4) is 0 Å². The molecular weight excluding hydrogens is 450 g/mol. The van der Waals surface area contributed by atoms with Gasteiger partial charge in [-0.25, -0.2) is 8.42 Å². The molecule has 0 fully saturated rings. The Morgan fingerprint density at radius 2 is 1.68 bits per heavy atom. The summed E-state index contributed by atoms with van der Waals surface area (Å²) in [5.74, 6) is -0.656. The lowest BCUT2D eigenvalue weighted by atomic mass is 10.1. The maximum atomic E-state index is 13.7. The highest BCUT2D eigenvalue weighted by Crippen LogP contribution is 2.25. The van der Waals surface area contributed by atoms with Crippen molar-refractivity contribution in [2.45, 2.75) is 60.0 Å². The van der Waals surface area contributed by atoms with Gasteiger partial charge in [0.1, 0.15) is 12.6 Å². The number of sulfonamides is 1. The Hall–Kier alpha value is -2.87. The zero-order chi connectivity index (χ0) is 25.5. The maximum Gasteiger partial charge on any atom is 0.244 e. The van der Waals surface area contributed by atoms with E-state index >= 15 is 0 Å². The van der Waals surface area contributed by atoms with Crippen molar-refractivity contribution in [1.82, 2.24) is 10.2 Å². The van der Waals surface area contributed by atoms with Crippen molar-refractivity contribution in [3.63, 3.8) is 0 Å². The molecule has 0 aromatic heterocycles. The van der Waals surface area contributed by atoms with Gasteiger partial charge in [-0.05, 0) is 61.9 Å². The summed E-state index contributed by atoms with van der Waals surface area (Å²) in [5.41, 5.74) is 4.02. The largest absolute Gasteiger partial charge is 0.354 e. The number of rotatable bonds is 11. The van der Waals surface area contributed by atoms with Crippen LogP contribution in [0.1, 0.15) is 48.9 Å². The van der Waals surface area contributed by atoms with Crippen LogP contribution in [-0.4, -0.2) is 50.5 Å². The van der Waals surface area contributed by atoms with Gasteiger partial charge in [-0.2, -0.15) is 0 Å². The van der Waals surface area contributed by atoms with Crippen molar-refractivity contribution < 1.29 is 18.0 Å². The number of hydrogen-bond acceptors (Lipinski definition) is 4. The van der Waals surface area contributed by atoms with Crippen LogP contribution in [0.5, 0.6) is 0 Å². The number of anilines is 1. The summed E-state index contributed by atoms with van der Waals surface area (Å²) in [6.45, 7) is 9.81. The van der Waals surface area contributed by atoms with Crippen LogP contribution in [0.4, 0.5) is 5.69 Å². The molecule has 0 spiro atoms. The van der Waals surface area contributed by atoms with Crippen LogP contribution < -0.4 is 9.62 Å². The third-order valence-electron chi connectivity index (χ3n) is 5.85. The number of carbonyl (C=O) groups excluding carboxylic acids is 2. The van der Waals surface area contributed by atoms with Crippen LogP contribution in [0.2, 0.25) is 0 Å². The average Bonchev–Trinajstić information content (AvgIpc) is 2.78. The minimum atomic E-state index is -3.75. The molecule has 2 aromatic rings. The molecule has 0 bridgehead atoms. The summed E-state index contributed by atoms with van der Waals surface area (Å²) in [6, 6.07) is 12.5. The summed E-state index contributed by atoms with van der Waals surface area (Å²) < 4.78 is 26.7. The molecule has 7 nitrogen and oxygen atoms in total. The zero-order valence-corrected chi connectivity index (χ0v) is 21.9. The van der Waals surface area contributed by atoms with Crippen molar-refractivity contribution >= 4 is 27.5 Å². The van der Waals surface area contributed by atoms with Gasteiger partial charge < -0.3 is 10.2 Å². The monoisotopic (exact) mass is 487 g/mol. The lowest BCUT2D eigenvalue weighted by Crippen LogP contribution is -2.52. The molecule has 2 aromatic carbocycles. The summed E-state index contributed by atoms with van der Waals surface area (Å²) in [7, 11) is -3.75. The fourth-order valence-electron chi connectivity index (χ4n) is 3.84. The van der Waals surface area contributed by atoms with Crippen molar-refractivity contribution in [3.8, 4) is 0 Å². The Labute approximate surface area is 204 Å². The van der Waals surface area contributed by atoms with Gasteiger partial charge in [0.15, 0.2) is 0 Å². The Kier molecular flexibility index (Phi) is 9.67. The summed E-state index contributed by atoms with van der Waals surface area (Å²) in [4.78, 5) is 28.2. The molecule has 1 N–H and O–H groups in total. The van der Waals surface area contributed by atoms with E-state index in [9.17, 15) is 18.0 Å². The van der Waals surface area contributed by atoms with Gasteiger partial charge in [0.2, 0.25) is 21.8 Å². The fourth-order valence-corrected chi connectivity index (χ4v) is 4.74. The van der Waals surface area contributed by atoms with Crippen molar-refractivity contribution in [2.75, 3.05) is 23.7 Å². The predicted molar refractivity (Wildman–Crippen MR) is 137 cm³/mol. The highest BCUT2D eigenvalue weighted by atomic mass is 32.2. The molecule has 0 aliphatic rings. The van der Waals surface area contributed by atoms with Crippen LogP contribution >= 0.6 is 0 Å². The van der Waals surface area contributed by atoms with Crippen LogP contribution in [-0.2, 0) is 26.2 Å². The van der Waals surface area contributed by atoms with E-state index < -0.39 is 22.0 Å². The molecule has 2 amide bonds. The van der Waals surface area contributed by atoms with E-state index in [2.05, 4.69) is 5.32 Å². The number of aryl methyl sites for hydroxylation is 3. The minimum Gasteiger partial charge on any atom is -0.354 e. The lowest BCUT2D eigenvalue weighted by molar-refractivity contribution is -0.140. The van der Waals surface area contributed by atoms with E-state index in [4.69, 9.17) is 0 Å². The number of hydrogen-bond donors (Lipinski definition) is 1. The number of amides is 2. The van der Waals surface area contributed by atoms with E-state index in [1.165, 1.54) is 4.90 Å². The van der Waals surface area contributed by atoms with Gasteiger partial charge in [-0.1, -0.05) is 50.2 Å². The first-order valence-electron chi connectivity index (χ1n) is 11.7. The Balaban J connectivity index is 2.48. The number of nitrogens with one attached hydrogen (secondary N) is 1. The number of carbonyl (C=O) groups is 2. The predicted octanol–water partition coefficient (Wildman–Crippen LogP) is 3.71. The molecule has 34 heavy (non-hydrogen) atoms. The van der Waals surface area contributed by atoms with Crippen LogP contribution in [0.25, 0.3) is 0 Å². The van der Waals surface area contributed by atoms with Gasteiger partial charge >= 0.3 is 0 Å². The molecule has 1 unspecified atom stereocenters. The Bertz CT molecular complexity index is 1110. The van der Waals surface area contributed by atoms with Crippen molar-refractivity contribution in [1.29, 1.82) is 0 Å². The van der Waals surface area contributed by atoms with Gasteiger partial charge in [0, 0.05) is 13.1 Å². The molecule has 0 aliphatic heterocycles. The van der Waals surface area contributed by atoms with Crippen molar-refractivity contribution in [2.24, 2.45) is 0 Å². The highest BCUT2D eigenvalue weighted by Gasteiger charge is 2.32. The fraction of sp³-hybridized carbons (Fsp3) is 0.462. The normalized spacial score (nSPS) is 12.2. The minimum absolute atomic E-state index is 0.216. The van der Waals surface area contributed by atoms with Crippen LogP contribution in [0.15, 0.2) is 42.5 Å². The van der Waals surface area contributed by atoms with E-state index in [0.717, 1.165) is 39.2 Å². The first-order valence-corrected chi connectivity index (χ1v) is 13.5. The van der Waals surface area contributed by atoms with Gasteiger partial charge in [0.25, 0.3) is 0 Å². The topological polar surface area (TPSA) is 86.8 Å². The molecule has 0 heterocycles. The zero-order valence-electron chi connectivity index (χ0n) is 21.1. The molecule has 0 saturated heterocycles. The molecule has 0 radical (unpaired) electrons.